The van der Waals surface area contributed by atoms with Gasteiger partial charge in [-0.3, -0.25) is 0 Å². The number of benzene rings is 2. The molecule has 0 fully saturated rings. The highest BCUT2D eigenvalue weighted by atomic mass is 79.9. The Kier molecular flexibility index (Phi) is 5.50. The number of carboxylic acids is 1. The number of anilines is 1. The molecule has 1 unspecified atom stereocenters. The SMILES string of the molecule is C=CCSc1nnc2c(n1)OC(c1ccc(C(=O)O)cc1)Nc1ccc(Br)cc1-2. The molecule has 1 aliphatic heterocycles. The van der Waals surface area contributed by atoms with Crippen LogP contribution in [-0.4, -0.2) is 32.0 Å². The van der Waals surface area contributed by atoms with E-state index >= 15 is 0 Å². The zero-order chi connectivity index (χ0) is 20.4. The van der Waals surface area contributed by atoms with Gasteiger partial charge in [0.05, 0.1) is 5.56 Å². The van der Waals surface area contributed by atoms with Crippen molar-refractivity contribution in [2.75, 3.05) is 11.1 Å². The van der Waals surface area contributed by atoms with Crippen LogP contribution < -0.4 is 10.1 Å². The molecule has 2 aromatic carbocycles. The molecule has 2 N–H and O–H groups in total. The Morgan fingerprint density at radius 1 is 1.28 bits per heavy atom. The first-order valence-corrected chi connectivity index (χ1v) is 10.4. The van der Waals surface area contributed by atoms with Crippen molar-refractivity contribution in [1.82, 2.24) is 15.2 Å². The highest BCUT2D eigenvalue weighted by Crippen LogP contribution is 2.40. The van der Waals surface area contributed by atoms with Gasteiger partial charge in [0.1, 0.15) is 0 Å². The number of nitrogens with one attached hydrogen (secondary N) is 1. The molecule has 146 valence electrons. The highest BCUT2D eigenvalue weighted by molar-refractivity contribution is 9.10. The first kappa shape index (κ1) is 19.4. The lowest BCUT2D eigenvalue weighted by atomic mass is 10.1. The zero-order valence-electron chi connectivity index (χ0n) is 15.0. The molecular formula is C20H15BrN4O3S. The summed E-state index contributed by atoms with van der Waals surface area (Å²) in [5.41, 5.74) is 3.11. The lowest BCUT2D eigenvalue weighted by Gasteiger charge is -2.19. The van der Waals surface area contributed by atoms with Gasteiger partial charge in [0.25, 0.3) is 0 Å². The quantitative estimate of drug-likeness (QED) is 0.406. The average molecular weight is 471 g/mol. The second kappa shape index (κ2) is 8.22. The van der Waals surface area contributed by atoms with Crippen LogP contribution in [0.15, 0.2) is 64.7 Å². The van der Waals surface area contributed by atoms with E-state index in [1.165, 1.54) is 11.8 Å². The van der Waals surface area contributed by atoms with E-state index in [1.807, 2.05) is 18.2 Å². The number of hydrogen-bond acceptors (Lipinski definition) is 7. The van der Waals surface area contributed by atoms with E-state index in [1.54, 1.807) is 30.3 Å². The maximum Gasteiger partial charge on any atom is 0.335 e. The van der Waals surface area contributed by atoms with E-state index in [-0.39, 0.29) is 5.56 Å². The van der Waals surface area contributed by atoms with Crippen LogP contribution in [-0.2, 0) is 0 Å². The lowest BCUT2D eigenvalue weighted by molar-refractivity contribution is 0.0696. The molecule has 0 saturated heterocycles. The minimum absolute atomic E-state index is 0.208. The Labute approximate surface area is 179 Å². The van der Waals surface area contributed by atoms with Gasteiger partial charge in [0.15, 0.2) is 11.9 Å². The number of carbonyl (C=O) groups is 1. The zero-order valence-corrected chi connectivity index (χ0v) is 17.4. The van der Waals surface area contributed by atoms with E-state index in [0.29, 0.717) is 22.5 Å². The molecule has 0 amide bonds. The van der Waals surface area contributed by atoms with Crippen molar-refractivity contribution in [2.24, 2.45) is 0 Å². The minimum Gasteiger partial charge on any atom is -0.478 e. The van der Waals surface area contributed by atoms with Gasteiger partial charge in [-0.25, -0.2) is 4.79 Å². The van der Waals surface area contributed by atoms with Crippen molar-refractivity contribution in [3.63, 3.8) is 0 Å². The van der Waals surface area contributed by atoms with Gasteiger partial charge in [0.2, 0.25) is 11.0 Å². The second-order valence-corrected chi connectivity index (χ2v) is 8.01. The van der Waals surface area contributed by atoms with Crippen LogP contribution >= 0.6 is 27.7 Å². The second-order valence-electron chi connectivity index (χ2n) is 6.11. The van der Waals surface area contributed by atoms with Gasteiger partial charge in [0, 0.05) is 27.0 Å². The third-order valence-corrected chi connectivity index (χ3v) is 5.51. The van der Waals surface area contributed by atoms with Crippen LogP contribution in [0.4, 0.5) is 5.69 Å². The van der Waals surface area contributed by atoms with Gasteiger partial charge in [-0.1, -0.05) is 45.9 Å². The molecule has 2 heterocycles. The Bertz CT molecular complexity index is 1090. The summed E-state index contributed by atoms with van der Waals surface area (Å²) < 4.78 is 7.05. The Balaban J connectivity index is 1.78. The number of carboxylic acid groups (broad SMARTS) is 1. The first-order chi connectivity index (χ1) is 14.0. The molecule has 1 atom stereocenters. The van der Waals surface area contributed by atoms with Gasteiger partial charge in [-0.2, -0.15) is 4.98 Å². The number of fused-ring (bicyclic) bond motifs is 3. The molecule has 0 aliphatic carbocycles. The summed E-state index contributed by atoms with van der Waals surface area (Å²) in [5.74, 6) is 0.0249. The molecule has 0 saturated carbocycles. The standard InChI is InChI=1S/C20H15BrN4O3S/c1-2-9-29-20-23-18-16(24-25-20)14-10-13(21)7-8-15(14)22-17(28-18)11-3-5-12(6-4-11)19(26)27/h2-8,10,17,22H,1,9H2,(H,26,27). The smallest absolute Gasteiger partial charge is 0.335 e. The fourth-order valence-corrected chi connectivity index (χ4v) is 3.69. The Morgan fingerprint density at radius 2 is 2.07 bits per heavy atom. The molecule has 7 nitrogen and oxygen atoms in total. The Morgan fingerprint density at radius 3 is 2.79 bits per heavy atom. The molecular weight excluding hydrogens is 456 g/mol. The largest absolute Gasteiger partial charge is 0.478 e. The maximum absolute atomic E-state index is 11.1. The molecule has 3 aromatic rings. The molecule has 0 radical (unpaired) electrons. The fourth-order valence-electron chi connectivity index (χ4n) is 2.82. The van der Waals surface area contributed by atoms with Gasteiger partial charge in [-0.15, -0.1) is 16.8 Å². The number of aromatic carboxylic acids is 1. The Hall–Kier alpha value is -2.91. The van der Waals surface area contributed by atoms with E-state index in [0.717, 1.165) is 21.3 Å². The highest BCUT2D eigenvalue weighted by Gasteiger charge is 2.26. The van der Waals surface area contributed by atoms with Crippen molar-refractivity contribution < 1.29 is 14.6 Å². The molecule has 29 heavy (non-hydrogen) atoms. The van der Waals surface area contributed by atoms with Gasteiger partial charge >= 0.3 is 5.97 Å². The molecule has 0 bridgehead atoms. The fraction of sp³-hybridized carbons (Fsp3) is 0.100. The average Bonchev–Trinajstić information content (AvgIpc) is 2.88. The van der Waals surface area contributed by atoms with Crippen molar-refractivity contribution in [3.8, 4) is 17.1 Å². The normalized spacial score (nSPS) is 14.6. The monoisotopic (exact) mass is 470 g/mol. The van der Waals surface area contributed by atoms with Crippen LogP contribution in [0.5, 0.6) is 5.88 Å². The number of nitrogens with zero attached hydrogens (tertiary/aromatic N) is 3. The molecule has 1 aliphatic rings. The number of ether oxygens (including phenoxy) is 1. The first-order valence-electron chi connectivity index (χ1n) is 8.60. The summed E-state index contributed by atoms with van der Waals surface area (Å²) in [6, 6.07) is 12.3. The molecule has 9 heteroatoms. The van der Waals surface area contributed by atoms with Crippen LogP contribution in [0.1, 0.15) is 22.1 Å². The van der Waals surface area contributed by atoms with Crippen LogP contribution in [0.25, 0.3) is 11.3 Å². The van der Waals surface area contributed by atoms with E-state index in [9.17, 15) is 4.79 Å². The van der Waals surface area contributed by atoms with Crippen LogP contribution in [0.3, 0.4) is 0 Å². The van der Waals surface area contributed by atoms with Crippen molar-refractivity contribution in [1.29, 1.82) is 0 Å². The third kappa shape index (κ3) is 4.10. The van der Waals surface area contributed by atoms with Crippen molar-refractivity contribution in [3.05, 3.63) is 70.7 Å². The lowest BCUT2D eigenvalue weighted by Crippen LogP contribution is -2.17. The van der Waals surface area contributed by atoms with Gasteiger partial charge in [-0.05, 0) is 30.3 Å². The topological polar surface area (TPSA) is 97.2 Å². The number of thioether (sulfide) groups is 1. The summed E-state index contributed by atoms with van der Waals surface area (Å²) >= 11 is 4.90. The number of hydrogen-bond donors (Lipinski definition) is 2. The summed E-state index contributed by atoms with van der Waals surface area (Å²) in [6.45, 7) is 3.70. The summed E-state index contributed by atoms with van der Waals surface area (Å²) in [4.78, 5) is 15.7. The van der Waals surface area contributed by atoms with Crippen LogP contribution in [0.2, 0.25) is 0 Å². The minimum atomic E-state index is -0.979. The number of aromatic nitrogens is 3. The van der Waals surface area contributed by atoms with E-state index in [4.69, 9.17) is 9.84 Å². The summed E-state index contributed by atoms with van der Waals surface area (Å²) in [5, 5.41) is 21.5. The van der Waals surface area contributed by atoms with E-state index < -0.39 is 12.2 Å². The van der Waals surface area contributed by atoms with Crippen molar-refractivity contribution in [2.45, 2.75) is 11.4 Å². The summed E-state index contributed by atoms with van der Waals surface area (Å²) in [7, 11) is 0. The molecule has 4 rings (SSSR count). The van der Waals surface area contributed by atoms with Gasteiger partial charge < -0.3 is 15.2 Å². The van der Waals surface area contributed by atoms with Crippen LogP contribution in [0, 0.1) is 0 Å². The number of halogens is 1. The third-order valence-electron chi connectivity index (χ3n) is 4.18. The predicted octanol–water partition coefficient (Wildman–Crippen LogP) is 4.78. The maximum atomic E-state index is 11.1. The number of rotatable bonds is 5. The predicted molar refractivity (Wildman–Crippen MR) is 114 cm³/mol. The molecule has 1 aromatic heterocycles. The summed E-state index contributed by atoms with van der Waals surface area (Å²) in [6.07, 6.45) is 1.19. The van der Waals surface area contributed by atoms with Crippen molar-refractivity contribution >= 4 is 39.3 Å². The molecule has 0 spiro atoms. The van der Waals surface area contributed by atoms with E-state index in [2.05, 4.69) is 43.0 Å².